The number of fused-ring (bicyclic) bond motifs is 3. The third-order valence-electron chi connectivity index (χ3n) is 3.49. The Morgan fingerprint density at radius 1 is 1.13 bits per heavy atom. The van der Waals surface area contributed by atoms with Crippen LogP contribution in [0.25, 0.3) is 21.7 Å². The molecule has 118 valence electrons. The van der Waals surface area contributed by atoms with Crippen LogP contribution in [0.5, 0.6) is 0 Å². The van der Waals surface area contributed by atoms with Crippen LogP contribution < -0.4 is 5.32 Å². The molecule has 0 aliphatic rings. The topological polar surface area (TPSA) is 51.2 Å². The number of nitrogens with one attached hydrogen (secondary N) is 1. The van der Waals surface area contributed by atoms with Gasteiger partial charge in [0.2, 0.25) is 0 Å². The van der Waals surface area contributed by atoms with Gasteiger partial charge in [-0.05, 0) is 43.9 Å². The second-order valence-corrected chi connectivity index (χ2v) is 6.55. The summed E-state index contributed by atoms with van der Waals surface area (Å²) in [5.74, 6) is 0. The molecule has 1 N–H and O–H groups in total. The number of hydrogen-bond donors (Lipinski definition) is 1. The molecule has 4 heteroatoms. The Labute approximate surface area is 135 Å². The number of carbonyl (C=O) groups is 1. The largest absolute Gasteiger partial charge is 0.444 e. The van der Waals surface area contributed by atoms with Crippen LogP contribution in [0.1, 0.15) is 26.3 Å². The number of amides is 1. The van der Waals surface area contributed by atoms with Gasteiger partial charge in [0.1, 0.15) is 5.60 Å². The van der Waals surface area contributed by atoms with Crippen LogP contribution >= 0.6 is 0 Å². The van der Waals surface area contributed by atoms with Gasteiger partial charge < -0.3 is 10.1 Å². The van der Waals surface area contributed by atoms with E-state index in [0.29, 0.717) is 6.54 Å². The summed E-state index contributed by atoms with van der Waals surface area (Å²) < 4.78 is 5.26. The second-order valence-electron chi connectivity index (χ2n) is 6.55. The lowest BCUT2D eigenvalue weighted by atomic mass is 10.0. The molecule has 0 aliphatic carbocycles. The molecule has 0 radical (unpaired) electrons. The van der Waals surface area contributed by atoms with Gasteiger partial charge in [-0.1, -0.05) is 30.3 Å². The maximum absolute atomic E-state index is 11.8. The summed E-state index contributed by atoms with van der Waals surface area (Å²) in [6.45, 7) is 5.98. The predicted octanol–water partition coefficient (Wildman–Crippen LogP) is 4.41. The highest BCUT2D eigenvalue weighted by molar-refractivity contribution is 6.05. The summed E-state index contributed by atoms with van der Waals surface area (Å²) in [5, 5.41) is 6.13. The lowest BCUT2D eigenvalue weighted by molar-refractivity contribution is 0.0523. The Morgan fingerprint density at radius 2 is 1.91 bits per heavy atom. The number of aromatic nitrogens is 1. The number of para-hydroxylation sites is 1. The van der Waals surface area contributed by atoms with Crippen molar-refractivity contribution in [3.8, 4) is 0 Å². The fourth-order valence-corrected chi connectivity index (χ4v) is 2.50. The molecular formula is C19H20N2O2. The first-order chi connectivity index (χ1) is 10.9. The van der Waals surface area contributed by atoms with E-state index in [1.165, 1.54) is 0 Å². The van der Waals surface area contributed by atoms with E-state index in [1.54, 1.807) is 0 Å². The van der Waals surface area contributed by atoms with E-state index in [0.717, 1.165) is 27.2 Å². The Bertz CT molecular complexity index is 866. The lowest BCUT2D eigenvalue weighted by Crippen LogP contribution is -2.32. The highest BCUT2D eigenvalue weighted by Gasteiger charge is 2.15. The zero-order valence-electron chi connectivity index (χ0n) is 13.6. The molecule has 2 aromatic carbocycles. The minimum Gasteiger partial charge on any atom is -0.444 e. The minimum absolute atomic E-state index is 0.405. The first kappa shape index (κ1) is 15.3. The molecule has 1 aromatic heterocycles. The van der Waals surface area contributed by atoms with Crippen molar-refractivity contribution in [2.45, 2.75) is 32.9 Å². The second kappa shape index (κ2) is 5.88. The Kier molecular flexibility index (Phi) is 3.90. The van der Waals surface area contributed by atoms with Gasteiger partial charge in [0.15, 0.2) is 0 Å². The number of benzene rings is 2. The van der Waals surface area contributed by atoms with Gasteiger partial charge >= 0.3 is 6.09 Å². The third kappa shape index (κ3) is 3.59. The van der Waals surface area contributed by atoms with Gasteiger partial charge in [-0.15, -0.1) is 0 Å². The summed E-state index contributed by atoms with van der Waals surface area (Å²) in [4.78, 5) is 16.2. The summed E-state index contributed by atoms with van der Waals surface area (Å²) in [5.41, 5.74) is 1.51. The summed E-state index contributed by atoms with van der Waals surface area (Å²) in [7, 11) is 0. The van der Waals surface area contributed by atoms with Crippen molar-refractivity contribution < 1.29 is 9.53 Å². The first-order valence-corrected chi connectivity index (χ1v) is 7.66. The van der Waals surface area contributed by atoms with E-state index >= 15 is 0 Å². The quantitative estimate of drug-likeness (QED) is 0.713. The molecule has 0 fully saturated rings. The zero-order valence-corrected chi connectivity index (χ0v) is 13.6. The maximum Gasteiger partial charge on any atom is 0.407 e. The maximum atomic E-state index is 11.8. The zero-order chi connectivity index (χ0) is 16.4. The van der Waals surface area contributed by atoms with Crippen molar-refractivity contribution in [2.75, 3.05) is 0 Å². The first-order valence-electron chi connectivity index (χ1n) is 7.66. The number of alkyl carbamates (subject to hydrolysis) is 1. The molecule has 3 aromatic rings. The highest BCUT2D eigenvalue weighted by Crippen LogP contribution is 2.24. The Hall–Kier alpha value is -2.62. The molecular weight excluding hydrogens is 288 g/mol. The van der Waals surface area contributed by atoms with Crippen molar-refractivity contribution in [2.24, 2.45) is 0 Å². The molecule has 1 heterocycles. The Morgan fingerprint density at radius 3 is 2.70 bits per heavy atom. The number of ether oxygens (including phenoxy) is 1. The normalized spacial score (nSPS) is 11.6. The molecule has 0 unspecified atom stereocenters. The predicted molar refractivity (Wildman–Crippen MR) is 92.3 cm³/mol. The van der Waals surface area contributed by atoms with Crippen molar-refractivity contribution >= 4 is 27.8 Å². The van der Waals surface area contributed by atoms with E-state index in [1.807, 2.05) is 57.3 Å². The average molecular weight is 308 g/mol. The smallest absolute Gasteiger partial charge is 0.407 e. The van der Waals surface area contributed by atoms with Crippen LogP contribution in [0.3, 0.4) is 0 Å². The van der Waals surface area contributed by atoms with Crippen LogP contribution in [0.2, 0.25) is 0 Å². The molecule has 23 heavy (non-hydrogen) atoms. The molecule has 0 saturated carbocycles. The average Bonchev–Trinajstić information content (AvgIpc) is 2.51. The van der Waals surface area contributed by atoms with Crippen LogP contribution in [0, 0.1) is 0 Å². The fourth-order valence-electron chi connectivity index (χ4n) is 2.50. The van der Waals surface area contributed by atoms with Crippen molar-refractivity contribution in [3.05, 3.63) is 54.2 Å². The monoisotopic (exact) mass is 308 g/mol. The van der Waals surface area contributed by atoms with Crippen LogP contribution in [0.4, 0.5) is 4.79 Å². The lowest BCUT2D eigenvalue weighted by Gasteiger charge is -2.19. The van der Waals surface area contributed by atoms with Gasteiger partial charge in [0.25, 0.3) is 0 Å². The number of pyridine rings is 1. The van der Waals surface area contributed by atoms with E-state index < -0.39 is 11.7 Å². The van der Waals surface area contributed by atoms with Gasteiger partial charge in [-0.2, -0.15) is 0 Å². The summed E-state index contributed by atoms with van der Waals surface area (Å²) in [6.07, 6.45) is 1.47. The highest BCUT2D eigenvalue weighted by atomic mass is 16.6. The van der Waals surface area contributed by atoms with Crippen molar-refractivity contribution in [1.29, 1.82) is 0 Å². The number of carbonyl (C=O) groups excluding carboxylic acids is 1. The molecule has 0 atom stereocenters. The summed E-state index contributed by atoms with van der Waals surface area (Å²) in [6, 6.07) is 14.2. The molecule has 0 bridgehead atoms. The molecule has 3 rings (SSSR count). The van der Waals surface area contributed by atoms with E-state index in [9.17, 15) is 4.79 Å². The van der Waals surface area contributed by atoms with Crippen LogP contribution in [0.15, 0.2) is 48.7 Å². The molecule has 0 saturated heterocycles. The van der Waals surface area contributed by atoms with E-state index in [2.05, 4.69) is 22.4 Å². The van der Waals surface area contributed by atoms with Gasteiger partial charge in [-0.25, -0.2) is 4.79 Å². The number of nitrogens with zero attached hydrogens (tertiary/aromatic N) is 1. The number of rotatable bonds is 2. The molecule has 1 amide bonds. The molecule has 0 spiro atoms. The summed E-state index contributed by atoms with van der Waals surface area (Å²) >= 11 is 0. The minimum atomic E-state index is -0.491. The van der Waals surface area contributed by atoms with Gasteiger partial charge in [0, 0.05) is 23.5 Å². The van der Waals surface area contributed by atoms with Gasteiger partial charge in [0.05, 0.1) is 5.52 Å². The molecule has 4 nitrogen and oxygen atoms in total. The fraction of sp³-hybridized carbons (Fsp3) is 0.263. The van der Waals surface area contributed by atoms with Crippen LogP contribution in [-0.4, -0.2) is 16.7 Å². The van der Waals surface area contributed by atoms with Crippen LogP contribution in [-0.2, 0) is 11.3 Å². The molecule has 0 aliphatic heterocycles. The third-order valence-corrected chi connectivity index (χ3v) is 3.49. The van der Waals surface area contributed by atoms with E-state index in [4.69, 9.17) is 4.74 Å². The standard InChI is InChI=1S/C19H20N2O2/c1-19(2,3)23-18(22)21-11-13-8-9-14-12-20-17-7-5-4-6-15(17)16(14)10-13/h4-10,12H,11H2,1-3H3,(H,21,22). The van der Waals surface area contributed by atoms with E-state index in [-0.39, 0.29) is 0 Å². The Balaban J connectivity index is 1.85. The van der Waals surface area contributed by atoms with Crippen molar-refractivity contribution in [1.82, 2.24) is 10.3 Å². The SMILES string of the molecule is CC(C)(C)OC(=O)NCc1ccc2cnc3ccccc3c2c1. The number of hydrogen-bond acceptors (Lipinski definition) is 3. The van der Waals surface area contributed by atoms with Crippen molar-refractivity contribution in [3.63, 3.8) is 0 Å². The van der Waals surface area contributed by atoms with Gasteiger partial charge in [-0.3, -0.25) is 4.98 Å².